The van der Waals surface area contributed by atoms with Gasteiger partial charge in [0.25, 0.3) is 0 Å². The Labute approximate surface area is 151 Å². The number of hydrogen-bond acceptors (Lipinski definition) is 5. The maximum atomic E-state index is 10.9. The molecule has 3 aromatic rings. The smallest absolute Gasteiger partial charge is 0.230 e. The van der Waals surface area contributed by atoms with Gasteiger partial charge in [-0.25, -0.2) is 4.98 Å². The van der Waals surface area contributed by atoms with Crippen LogP contribution in [0.1, 0.15) is 47.6 Å². The van der Waals surface area contributed by atoms with E-state index in [1.165, 1.54) is 24.0 Å². The lowest BCUT2D eigenvalue weighted by atomic mass is 9.93. The van der Waals surface area contributed by atoms with Crippen LogP contribution in [0.3, 0.4) is 0 Å². The van der Waals surface area contributed by atoms with Gasteiger partial charge < -0.3 is 5.11 Å². The van der Waals surface area contributed by atoms with Crippen LogP contribution in [-0.2, 0) is 0 Å². The molecule has 0 aliphatic carbocycles. The first kappa shape index (κ1) is 16.5. The van der Waals surface area contributed by atoms with Gasteiger partial charge in [-0.1, -0.05) is 42.5 Å². The van der Waals surface area contributed by atoms with Gasteiger partial charge in [0.05, 0.1) is 10.9 Å². The molecule has 0 unspecified atom stereocenters. The second-order valence-electron chi connectivity index (χ2n) is 7.12. The quantitative estimate of drug-likeness (QED) is 0.772. The molecule has 3 heterocycles. The number of nitrogens with zero attached hydrogens (tertiary/aromatic N) is 4. The van der Waals surface area contributed by atoms with Gasteiger partial charge in [-0.2, -0.15) is 4.52 Å². The molecule has 0 amide bonds. The van der Waals surface area contributed by atoms with Crippen LogP contribution in [0, 0.1) is 19.8 Å². The van der Waals surface area contributed by atoms with Crippen LogP contribution in [0.2, 0.25) is 0 Å². The fraction of sp³-hybridized carbons (Fsp3) is 0.474. The van der Waals surface area contributed by atoms with Crippen molar-refractivity contribution in [1.82, 2.24) is 19.5 Å². The first-order valence-corrected chi connectivity index (χ1v) is 9.71. The lowest BCUT2D eigenvalue weighted by molar-refractivity contribution is 0.157. The Hall–Kier alpha value is -1.92. The Morgan fingerprint density at radius 3 is 2.60 bits per heavy atom. The van der Waals surface area contributed by atoms with Gasteiger partial charge in [-0.3, -0.25) is 4.90 Å². The van der Waals surface area contributed by atoms with Crippen LogP contribution in [0.4, 0.5) is 0 Å². The zero-order valence-corrected chi connectivity index (χ0v) is 15.8. The number of thiazole rings is 1. The van der Waals surface area contributed by atoms with Crippen LogP contribution < -0.4 is 0 Å². The minimum absolute atomic E-state index is 0.0579. The third-order valence-electron chi connectivity index (χ3n) is 5.22. The molecule has 0 spiro atoms. The maximum Gasteiger partial charge on any atom is 0.230 e. The summed E-state index contributed by atoms with van der Waals surface area (Å²) in [5.41, 5.74) is 2.51. The number of aromatic nitrogens is 3. The summed E-state index contributed by atoms with van der Waals surface area (Å²) >= 11 is 1.55. The molecule has 1 fully saturated rings. The summed E-state index contributed by atoms with van der Waals surface area (Å²) in [6, 6.07) is 8.54. The van der Waals surface area contributed by atoms with E-state index >= 15 is 0 Å². The lowest BCUT2D eigenvalue weighted by Crippen LogP contribution is -2.36. The molecule has 0 saturated carbocycles. The van der Waals surface area contributed by atoms with Crippen LogP contribution in [-0.4, -0.2) is 37.7 Å². The van der Waals surface area contributed by atoms with E-state index in [4.69, 9.17) is 0 Å². The Bertz CT molecular complexity index is 892. The highest BCUT2D eigenvalue weighted by atomic mass is 32.1. The minimum atomic E-state index is 0.0579. The van der Waals surface area contributed by atoms with Gasteiger partial charge in [0.2, 0.25) is 10.8 Å². The van der Waals surface area contributed by atoms with Crippen LogP contribution in [0.15, 0.2) is 24.3 Å². The molecule has 1 atom stereocenters. The highest BCUT2D eigenvalue weighted by Gasteiger charge is 2.32. The number of benzene rings is 1. The molecule has 1 aromatic carbocycles. The number of hydrogen-bond donors (Lipinski definition) is 1. The molecule has 1 N–H and O–H groups in total. The molecule has 0 bridgehead atoms. The monoisotopic (exact) mass is 356 g/mol. The number of aryl methyl sites for hydroxylation is 2. The van der Waals surface area contributed by atoms with Crippen LogP contribution in [0.25, 0.3) is 4.96 Å². The lowest BCUT2D eigenvalue weighted by Gasteiger charge is -2.37. The van der Waals surface area contributed by atoms with Gasteiger partial charge in [-0.05, 0) is 56.8 Å². The number of likely N-dealkylation sites (tertiary alicyclic amines) is 1. The standard InChI is InChI=1S/C19H24N4OS/c1-12-8-10-22(11-9-12)16(15-7-5-4-6-13(15)2)17-18(24)23-19(25-17)20-14(3)21-23/h4-7,12,16,24H,8-11H2,1-3H3/t16-/m1/s1. The van der Waals surface area contributed by atoms with Gasteiger partial charge in [0.1, 0.15) is 5.82 Å². The Morgan fingerprint density at radius 2 is 1.92 bits per heavy atom. The molecule has 132 valence electrons. The van der Waals surface area contributed by atoms with Crippen molar-refractivity contribution in [3.63, 3.8) is 0 Å². The van der Waals surface area contributed by atoms with Crippen molar-refractivity contribution in [2.75, 3.05) is 13.1 Å². The summed E-state index contributed by atoms with van der Waals surface area (Å²) in [5, 5.41) is 15.2. The highest BCUT2D eigenvalue weighted by Crippen LogP contribution is 2.42. The van der Waals surface area contributed by atoms with E-state index in [9.17, 15) is 5.11 Å². The second kappa shape index (κ2) is 6.42. The van der Waals surface area contributed by atoms with E-state index in [0.29, 0.717) is 5.82 Å². The second-order valence-corrected chi connectivity index (χ2v) is 8.13. The van der Waals surface area contributed by atoms with E-state index in [0.717, 1.165) is 28.8 Å². The molecule has 1 aliphatic heterocycles. The molecule has 4 rings (SSSR count). The van der Waals surface area contributed by atoms with E-state index in [1.807, 2.05) is 6.92 Å². The van der Waals surface area contributed by atoms with E-state index in [2.05, 4.69) is 53.1 Å². The molecule has 1 aliphatic rings. The zero-order chi connectivity index (χ0) is 17.6. The molecule has 0 radical (unpaired) electrons. The van der Waals surface area contributed by atoms with Crippen molar-refractivity contribution in [3.8, 4) is 5.88 Å². The Balaban J connectivity index is 1.83. The predicted octanol–water partition coefficient (Wildman–Crippen LogP) is 3.93. The van der Waals surface area contributed by atoms with Gasteiger partial charge in [0.15, 0.2) is 0 Å². The summed E-state index contributed by atoms with van der Waals surface area (Å²) in [6.45, 7) is 8.42. The largest absolute Gasteiger partial charge is 0.492 e. The van der Waals surface area contributed by atoms with Crippen molar-refractivity contribution in [3.05, 3.63) is 46.1 Å². The maximum absolute atomic E-state index is 10.9. The highest BCUT2D eigenvalue weighted by molar-refractivity contribution is 7.17. The van der Waals surface area contributed by atoms with E-state index in [-0.39, 0.29) is 11.9 Å². The fourth-order valence-corrected chi connectivity index (χ4v) is 4.86. The zero-order valence-electron chi connectivity index (χ0n) is 14.9. The fourth-order valence-electron chi connectivity index (χ4n) is 3.71. The molecular weight excluding hydrogens is 332 g/mol. The van der Waals surface area contributed by atoms with E-state index < -0.39 is 0 Å². The Kier molecular flexibility index (Phi) is 4.25. The molecule has 5 nitrogen and oxygen atoms in total. The van der Waals surface area contributed by atoms with Crippen LogP contribution in [0.5, 0.6) is 5.88 Å². The topological polar surface area (TPSA) is 53.7 Å². The number of aromatic hydroxyl groups is 1. The summed E-state index contributed by atoms with van der Waals surface area (Å²) in [4.78, 5) is 8.64. The van der Waals surface area contributed by atoms with Gasteiger partial charge in [0, 0.05) is 0 Å². The van der Waals surface area contributed by atoms with Crippen molar-refractivity contribution >= 4 is 16.3 Å². The third kappa shape index (κ3) is 2.93. The minimum Gasteiger partial charge on any atom is -0.492 e. The third-order valence-corrected chi connectivity index (χ3v) is 6.29. The first-order valence-electron chi connectivity index (χ1n) is 8.89. The van der Waals surface area contributed by atoms with E-state index in [1.54, 1.807) is 15.9 Å². The van der Waals surface area contributed by atoms with Crippen molar-refractivity contribution in [2.24, 2.45) is 5.92 Å². The number of rotatable bonds is 3. The molecule has 1 saturated heterocycles. The van der Waals surface area contributed by atoms with Crippen molar-refractivity contribution in [2.45, 2.75) is 39.7 Å². The van der Waals surface area contributed by atoms with Gasteiger partial charge >= 0.3 is 0 Å². The van der Waals surface area contributed by atoms with Crippen LogP contribution >= 0.6 is 11.3 Å². The molecular formula is C19H24N4OS. The van der Waals surface area contributed by atoms with Crippen molar-refractivity contribution in [1.29, 1.82) is 0 Å². The molecule has 6 heteroatoms. The average molecular weight is 356 g/mol. The molecule has 25 heavy (non-hydrogen) atoms. The summed E-state index contributed by atoms with van der Waals surface area (Å²) < 4.78 is 1.58. The Morgan fingerprint density at radius 1 is 1.20 bits per heavy atom. The predicted molar refractivity (Wildman–Crippen MR) is 100 cm³/mol. The number of piperidine rings is 1. The number of fused-ring (bicyclic) bond motifs is 1. The molecule has 2 aromatic heterocycles. The summed E-state index contributed by atoms with van der Waals surface area (Å²) in [5.74, 6) is 1.69. The van der Waals surface area contributed by atoms with Crippen molar-refractivity contribution < 1.29 is 5.11 Å². The summed E-state index contributed by atoms with van der Waals surface area (Å²) in [6.07, 6.45) is 2.39. The normalized spacial score (nSPS) is 18.0. The average Bonchev–Trinajstić information content (AvgIpc) is 3.09. The summed E-state index contributed by atoms with van der Waals surface area (Å²) in [7, 11) is 0. The SMILES string of the molecule is Cc1nc2sc([C@@H](c3ccccc3C)N3CCC(C)CC3)c(O)n2n1. The first-order chi connectivity index (χ1) is 12.0. The van der Waals surface area contributed by atoms with Gasteiger partial charge in [-0.15, -0.1) is 5.10 Å².